The van der Waals surface area contributed by atoms with E-state index in [1.54, 1.807) is 20.8 Å². The molecule has 0 radical (unpaired) electrons. The predicted octanol–water partition coefficient (Wildman–Crippen LogP) is 1.23. The molecular formula is C12H17FN2O4S. The lowest BCUT2D eigenvalue weighted by Crippen LogP contribution is -2.42. The molecule has 0 fully saturated rings. The minimum absolute atomic E-state index is 0.743. The molecule has 0 aliphatic rings. The Labute approximate surface area is 117 Å². The minimum atomic E-state index is -4.23. The van der Waals surface area contributed by atoms with Crippen LogP contribution in [0.25, 0.3) is 0 Å². The number of nitrogens with one attached hydrogen (secondary N) is 1. The zero-order valence-corrected chi connectivity index (χ0v) is 12.5. The Hall–Kier alpha value is -1.54. The molecule has 1 N–H and O–H groups in total. The van der Waals surface area contributed by atoms with E-state index in [1.807, 2.05) is 4.72 Å². The highest BCUT2D eigenvalue weighted by atomic mass is 32.2. The van der Waals surface area contributed by atoms with E-state index in [0.29, 0.717) is 0 Å². The van der Waals surface area contributed by atoms with Crippen LogP contribution in [0.2, 0.25) is 0 Å². The monoisotopic (exact) mass is 304 g/mol. The van der Waals surface area contributed by atoms with Gasteiger partial charge in [0.25, 0.3) is 10.0 Å². The average Bonchev–Trinajstić information content (AvgIpc) is 2.26. The Balaban J connectivity index is 2.87. The van der Waals surface area contributed by atoms with Crippen molar-refractivity contribution in [1.29, 1.82) is 0 Å². The second-order valence-corrected chi connectivity index (χ2v) is 6.80. The molecule has 0 amide bonds. The Morgan fingerprint density at radius 2 is 2.05 bits per heavy atom. The Bertz CT molecular complexity index is 596. The van der Waals surface area contributed by atoms with Gasteiger partial charge in [-0.1, -0.05) is 0 Å². The van der Waals surface area contributed by atoms with Crippen LogP contribution in [0, 0.1) is 5.82 Å². The first-order valence-corrected chi connectivity index (χ1v) is 7.37. The fourth-order valence-corrected chi connectivity index (χ4v) is 2.49. The molecule has 0 aliphatic heterocycles. The van der Waals surface area contributed by atoms with Crippen LogP contribution < -0.4 is 4.72 Å². The molecule has 0 aromatic carbocycles. The number of nitrogens with zero attached hydrogens (tertiary/aromatic N) is 1. The molecule has 6 nitrogen and oxygen atoms in total. The molecule has 0 bridgehead atoms. The maximum Gasteiger partial charge on any atom is 0.324 e. The van der Waals surface area contributed by atoms with Crippen LogP contribution in [-0.4, -0.2) is 31.0 Å². The van der Waals surface area contributed by atoms with Crippen LogP contribution in [0.3, 0.4) is 0 Å². The summed E-state index contributed by atoms with van der Waals surface area (Å²) in [6.07, 6.45) is 1.15. The van der Waals surface area contributed by atoms with E-state index >= 15 is 0 Å². The van der Waals surface area contributed by atoms with Gasteiger partial charge in [0, 0.05) is 6.20 Å². The third-order valence-corrected chi connectivity index (χ3v) is 3.54. The molecule has 0 saturated carbocycles. The molecular weight excluding hydrogens is 287 g/mol. The van der Waals surface area contributed by atoms with Crippen molar-refractivity contribution in [1.82, 2.24) is 9.71 Å². The van der Waals surface area contributed by atoms with Crippen molar-refractivity contribution in [2.45, 2.75) is 44.4 Å². The van der Waals surface area contributed by atoms with Gasteiger partial charge < -0.3 is 4.74 Å². The average molecular weight is 304 g/mol. The summed E-state index contributed by atoms with van der Waals surface area (Å²) in [5.74, 6) is -1.74. The van der Waals surface area contributed by atoms with Crippen molar-refractivity contribution in [2.24, 2.45) is 0 Å². The number of aromatic nitrogens is 1. The number of rotatable bonds is 4. The van der Waals surface area contributed by atoms with Crippen molar-refractivity contribution in [3.63, 3.8) is 0 Å². The molecule has 112 valence electrons. The number of halogens is 1. The maximum atomic E-state index is 13.4. The van der Waals surface area contributed by atoms with Crippen LogP contribution in [0.1, 0.15) is 27.7 Å². The van der Waals surface area contributed by atoms with Crippen molar-refractivity contribution in [2.75, 3.05) is 0 Å². The van der Waals surface area contributed by atoms with Crippen LogP contribution in [0.4, 0.5) is 4.39 Å². The van der Waals surface area contributed by atoms with Crippen LogP contribution in [0.5, 0.6) is 0 Å². The van der Waals surface area contributed by atoms with Gasteiger partial charge >= 0.3 is 5.97 Å². The van der Waals surface area contributed by atoms with Gasteiger partial charge in [0.05, 0.1) is 0 Å². The van der Waals surface area contributed by atoms with E-state index in [1.165, 1.54) is 13.0 Å². The van der Waals surface area contributed by atoms with E-state index in [0.717, 1.165) is 12.3 Å². The van der Waals surface area contributed by atoms with E-state index in [4.69, 9.17) is 4.74 Å². The van der Waals surface area contributed by atoms with Gasteiger partial charge in [0.15, 0.2) is 5.82 Å². The van der Waals surface area contributed by atoms with Gasteiger partial charge in [-0.2, -0.15) is 4.72 Å². The highest BCUT2D eigenvalue weighted by Gasteiger charge is 2.28. The summed E-state index contributed by atoms with van der Waals surface area (Å²) in [6.45, 7) is 6.28. The summed E-state index contributed by atoms with van der Waals surface area (Å²) in [6, 6.07) is 1.09. The number of carbonyl (C=O) groups excluding carboxylic acids is 1. The van der Waals surface area contributed by atoms with Gasteiger partial charge in [-0.25, -0.2) is 17.8 Å². The second-order valence-electron chi connectivity index (χ2n) is 5.17. The molecule has 1 aromatic rings. The summed E-state index contributed by atoms with van der Waals surface area (Å²) in [5.41, 5.74) is -0.743. The summed E-state index contributed by atoms with van der Waals surface area (Å²) in [4.78, 5) is 15.1. The van der Waals surface area contributed by atoms with Gasteiger partial charge in [0.1, 0.15) is 11.6 Å². The van der Waals surface area contributed by atoms with E-state index < -0.39 is 38.5 Å². The molecule has 0 spiro atoms. The smallest absolute Gasteiger partial charge is 0.324 e. The molecule has 0 saturated heterocycles. The fourth-order valence-electron chi connectivity index (χ4n) is 1.30. The lowest BCUT2D eigenvalue weighted by Gasteiger charge is -2.22. The van der Waals surface area contributed by atoms with Gasteiger partial charge in [-0.15, -0.1) is 0 Å². The molecule has 0 unspecified atom stereocenters. The first-order valence-electron chi connectivity index (χ1n) is 5.88. The summed E-state index contributed by atoms with van der Waals surface area (Å²) >= 11 is 0. The summed E-state index contributed by atoms with van der Waals surface area (Å²) < 4.78 is 44.3. The Morgan fingerprint density at radius 3 is 2.55 bits per heavy atom. The van der Waals surface area contributed by atoms with Gasteiger partial charge in [-0.05, 0) is 39.8 Å². The zero-order chi connectivity index (χ0) is 15.6. The topological polar surface area (TPSA) is 85.4 Å². The number of hydrogen-bond donors (Lipinski definition) is 1. The third-order valence-electron chi connectivity index (χ3n) is 2.07. The van der Waals surface area contributed by atoms with Crippen LogP contribution in [0.15, 0.2) is 23.4 Å². The molecule has 0 aliphatic carbocycles. The zero-order valence-electron chi connectivity index (χ0n) is 11.7. The van der Waals surface area contributed by atoms with Gasteiger partial charge in [0.2, 0.25) is 5.03 Å². The summed E-state index contributed by atoms with van der Waals surface area (Å²) in [5, 5.41) is -0.754. The Morgan fingerprint density at radius 1 is 1.45 bits per heavy atom. The largest absolute Gasteiger partial charge is 0.459 e. The second kappa shape index (κ2) is 5.84. The lowest BCUT2D eigenvalue weighted by molar-refractivity contribution is -0.156. The van der Waals surface area contributed by atoms with Crippen LogP contribution in [-0.2, 0) is 19.6 Å². The van der Waals surface area contributed by atoms with E-state index in [9.17, 15) is 17.6 Å². The standard InChI is InChI=1S/C12H17FN2O4S/c1-8(11(16)19-12(2,3)4)15-20(17,18)10-9(13)6-5-7-14-10/h5-8,15H,1-4H3/t8-/m1/s1. The highest BCUT2D eigenvalue weighted by Crippen LogP contribution is 2.12. The summed E-state index contributed by atoms with van der Waals surface area (Å²) in [7, 11) is -4.23. The van der Waals surface area contributed by atoms with E-state index in [2.05, 4.69) is 4.98 Å². The molecule has 1 aromatic heterocycles. The first kappa shape index (κ1) is 16.5. The maximum absolute atomic E-state index is 13.4. The lowest BCUT2D eigenvalue weighted by atomic mass is 10.2. The SMILES string of the molecule is C[C@@H](NS(=O)(=O)c1ncccc1F)C(=O)OC(C)(C)C. The normalized spacial score (nSPS) is 13.8. The van der Waals surface area contributed by atoms with Crippen molar-refractivity contribution in [3.8, 4) is 0 Å². The van der Waals surface area contributed by atoms with Crippen LogP contribution >= 0.6 is 0 Å². The van der Waals surface area contributed by atoms with Crippen molar-refractivity contribution in [3.05, 3.63) is 24.1 Å². The number of esters is 1. The number of hydrogen-bond acceptors (Lipinski definition) is 5. The van der Waals surface area contributed by atoms with Gasteiger partial charge in [-0.3, -0.25) is 4.79 Å². The Kier molecular flexibility index (Phi) is 4.82. The molecule has 8 heteroatoms. The minimum Gasteiger partial charge on any atom is -0.459 e. The first-order chi connectivity index (χ1) is 9.03. The van der Waals surface area contributed by atoms with E-state index in [-0.39, 0.29) is 0 Å². The quantitative estimate of drug-likeness (QED) is 0.846. The fraction of sp³-hybridized carbons (Fsp3) is 0.500. The molecule has 1 atom stereocenters. The number of pyridine rings is 1. The van der Waals surface area contributed by atoms with Crippen molar-refractivity contribution < 1.29 is 22.3 Å². The molecule has 20 heavy (non-hydrogen) atoms. The highest BCUT2D eigenvalue weighted by molar-refractivity contribution is 7.89. The number of ether oxygens (including phenoxy) is 1. The predicted molar refractivity (Wildman–Crippen MR) is 69.8 cm³/mol. The molecule has 1 rings (SSSR count). The number of carbonyl (C=O) groups is 1. The number of sulfonamides is 1. The molecule has 1 heterocycles. The van der Waals surface area contributed by atoms with Crippen molar-refractivity contribution >= 4 is 16.0 Å². The third kappa shape index (κ3) is 4.53.